The highest BCUT2D eigenvalue weighted by Crippen LogP contribution is 2.23. The van der Waals surface area contributed by atoms with E-state index in [1.807, 2.05) is 32.3 Å². The lowest BCUT2D eigenvalue weighted by Gasteiger charge is -2.20. The molecule has 1 unspecified atom stereocenters. The molecule has 120 valence electrons. The van der Waals surface area contributed by atoms with Crippen molar-refractivity contribution in [2.75, 3.05) is 44.1 Å². The van der Waals surface area contributed by atoms with Gasteiger partial charge < -0.3 is 20.1 Å². The van der Waals surface area contributed by atoms with Gasteiger partial charge in [-0.15, -0.1) is 0 Å². The molecule has 4 heteroatoms. The summed E-state index contributed by atoms with van der Waals surface area (Å²) in [7, 11) is 4.02. The van der Waals surface area contributed by atoms with Crippen LogP contribution in [0.5, 0.6) is 0 Å². The van der Waals surface area contributed by atoms with E-state index < -0.39 is 6.10 Å². The number of hydrogen-bond donors (Lipinski definition) is 2. The van der Waals surface area contributed by atoms with Crippen molar-refractivity contribution in [3.63, 3.8) is 0 Å². The first-order valence-corrected chi connectivity index (χ1v) is 7.76. The van der Waals surface area contributed by atoms with Crippen LogP contribution in [0.15, 0.2) is 24.3 Å². The van der Waals surface area contributed by atoms with Gasteiger partial charge in [0.05, 0.1) is 24.1 Å². The molecule has 2 N–H and O–H groups in total. The number of hydrogen-bond acceptors (Lipinski definition) is 4. The van der Waals surface area contributed by atoms with E-state index >= 15 is 0 Å². The van der Waals surface area contributed by atoms with Crippen LogP contribution in [-0.2, 0) is 4.74 Å². The van der Waals surface area contributed by atoms with Gasteiger partial charge in [-0.1, -0.05) is 26.0 Å². The second-order valence-corrected chi connectivity index (χ2v) is 6.06. The van der Waals surface area contributed by atoms with Crippen LogP contribution in [0.3, 0.4) is 0 Å². The maximum absolute atomic E-state index is 9.95. The van der Waals surface area contributed by atoms with E-state index in [1.54, 1.807) is 0 Å². The summed E-state index contributed by atoms with van der Waals surface area (Å²) in [5.74, 6) is 0.711. The first kappa shape index (κ1) is 17.8. The monoisotopic (exact) mass is 294 g/mol. The highest BCUT2D eigenvalue weighted by Gasteiger charge is 2.07. The summed E-state index contributed by atoms with van der Waals surface area (Å²) in [6.07, 6.45) is 1.74. The van der Waals surface area contributed by atoms with Gasteiger partial charge in [0, 0.05) is 27.2 Å². The Bertz CT molecular complexity index is 394. The normalized spacial score (nSPS) is 12.5. The Balaban J connectivity index is 2.25. The fourth-order valence-corrected chi connectivity index (χ4v) is 2.11. The van der Waals surface area contributed by atoms with E-state index in [1.165, 1.54) is 6.42 Å². The summed E-state index contributed by atoms with van der Waals surface area (Å²) in [5.41, 5.74) is 2.14. The number of nitrogens with zero attached hydrogens (tertiary/aromatic N) is 1. The van der Waals surface area contributed by atoms with Gasteiger partial charge in [-0.25, -0.2) is 0 Å². The average molecular weight is 294 g/mol. The summed E-state index contributed by atoms with van der Waals surface area (Å²) in [6.45, 7) is 6.02. The standard InChI is InChI=1S/C17H30N2O2/c1-14(2)8-7-11-21-13-15(20)12-18-16-9-5-6-10-17(16)19(3)4/h5-6,9-10,14-15,18,20H,7-8,11-13H2,1-4H3. The molecule has 21 heavy (non-hydrogen) atoms. The van der Waals surface area contributed by atoms with Gasteiger partial charge in [0.1, 0.15) is 0 Å². The van der Waals surface area contributed by atoms with Gasteiger partial charge in [0.2, 0.25) is 0 Å². The number of para-hydroxylation sites is 2. The third-order valence-electron chi connectivity index (χ3n) is 3.29. The summed E-state index contributed by atoms with van der Waals surface area (Å²) in [5, 5.41) is 13.2. The minimum atomic E-state index is -0.487. The molecule has 1 rings (SSSR count). The van der Waals surface area contributed by atoms with Crippen LogP contribution < -0.4 is 10.2 Å². The number of aliphatic hydroxyl groups excluding tert-OH is 1. The number of benzene rings is 1. The van der Waals surface area contributed by atoms with Crippen molar-refractivity contribution < 1.29 is 9.84 Å². The van der Waals surface area contributed by atoms with Crippen LogP contribution in [-0.4, -0.2) is 45.1 Å². The van der Waals surface area contributed by atoms with Crippen LogP contribution in [0.25, 0.3) is 0 Å². The molecule has 0 saturated heterocycles. The minimum absolute atomic E-state index is 0.384. The zero-order valence-corrected chi connectivity index (χ0v) is 13.8. The Labute approximate surface area is 129 Å². The maximum Gasteiger partial charge on any atom is 0.0945 e. The molecule has 0 aliphatic rings. The Morgan fingerprint density at radius 2 is 1.95 bits per heavy atom. The molecule has 0 amide bonds. The predicted octanol–water partition coefficient (Wildman–Crippen LogP) is 2.98. The summed E-state index contributed by atoms with van der Waals surface area (Å²) in [4.78, 5) is 2.05. The van der Waals surface area contributed by atoms with Crippen LogP contribution in [0.4, 0.5) is 11.4 Å². The number of aliphatic hydroxyl groups is 1. The minimum Gasteiger partial charge on any atom is -0.389 e. The third kappa shape index (κ3) is 7.34. The van der Waals surface area contributed by atoms with E-state index in [0.717, 1.165) is 24.4 Å². The molecule has 0 bridgehead atoms. The number of rotatable bonds is 10. The summed E-state index contributed by atoms with van der Waals surface area (Å²) >= 11 is 0. The Kier molecular flexibility index (Phi) is 8.16. The first-order valence-electron chi connectivity index (χ1n) is 7.76. The lowest BCUT2D eigenvalue weighted by atomic mass is 10.1. The lowest BCUT2D eigenvalue weighted by Crippen LogP contribution is -2.25. The van der Waals surface area contributed by atoms with Crippen LogP contribution in [0, 0.1) is 5.92 Å². The zero-order valence-electron chi connectivity index (χ0n) is 13.8. The fourth-order valence-electron chi connectivity index (χ4n) is 2.11. The van der Waals surface area contributed by atoms with Crippen LogP contribution in [0.2, 0.25) is 0 Å². The van der Waals surface area contributed by atoms with E-state index in [2.05, 4.69) is 30.1 Å². The molecule has 4 nitrogen and oxygen atoms in total. The predicted molar refractivity (Wildman–Crippen MR) is 90.2 cm³/mol. The quantitative estimate of drug-likeness (QED) is 0.651. The molecular formula is C17H30N2O2. The molecule has 0 radical (unpaired) electrons. The summed E-state index contributed by atoms with van der Waals surface area (Å²) < 4.78 is 5.51. The molecule has 1 aromatic carbocycles. The van der Waals surface area contributed by atoms with Gasteiger partial charge in [-0.05, 0) is 30.9 Å². The van der Waals surface area contributed by atoms with Crippen molar-refractivity contribution in [2.24, 2.45) is 5.92 Å². The SMILES string of the molecule is CC(C)CCCOCC(O)CNc1ccccc1N(C)C. The van der Waals surface area contributed by atoms with Crippen molar-refractivity contribution in [1.29, 1.82) is 0 Å². The molecule has 0 aliphatic heterocycles. The number of ether oxygens (including phenoxy) is 1. The topological polar surface area (TPSA) is 44.7 Å². The second kappa shape index (κ2) is 9.64. The Hall–Kier alpha value is -1.26. The Morgan fingerprint density at radius 3 is 2.62 bits per heavy atom. The van der Waals surface area contributed by atoms with Gasteiger partial charge in [-0.3, -0.25) is 0 Å². The van der Waals surface area contributed by atoms with E-state index in [-0.39, 0.29) is 0 Å². The highest BCUT2D eigenvalue weighted by molar-refractivity contribution is 5.69. The molecule has 0 heterocycles. The fraction of sp³-hybridized carbons (Fsp3) is 0.647. The molecule has 1 aromatic rings. The average Bonchev–Trinajstić information content (AvgIpc) is 2.44. The van der Waals surface area contributed by atoms with Crippen molar-refractivity contribution >= 4 is 11.4 Å². The lowest BCUT2D eigenvalue weighted by molar-refractivity contribution is 0.0409. The third-order valence-corrected chi connectivity index (χ3v) is 3.29. The summed E-state index contributed by atoms with van der Waals surface area (Å²) in [6, 6.07) is 8.07. The van der Waals surface area contributed by atoms with E-state index in [4.69, 9.17) is 4.74 Å². The molecule has 0 saturated carbocycles. The molecule has 0 aromatic heterocycles. The van der Waals surface area contributed by atoms with E-state index in [9.17, 15) is 5.11 Å². The van der Waals surface area contributed by atoms with Crippen molar-refractivity contribution in [3.8, 4) is 0 Å². The van der Waals surface area contributed by atoms with Crippen LogP contribution in [0.1, 0.15) is 26.7 Å². The molecule has 0 fully saturated rings. The number of anilines is 2. The van der Waals surface area contributed by atoms with Gasteiger partial charge in [0.15, 0.2) is 0 Å². The molecule has 0 spiro atoms. The largest absolute Gasteiger partial charge is 0.389 e. The Morgan fingerprint density at radius 1 is 1.24 bits per heavy atom. The molecular weight excluding hydrogens is 264 g/mol. The van der Waals surface area contributed by atoms with Gasteiger partial charge in [0.25, 0.3) is 0 Å². The maximum atomic E-state index is 9.95. The molecule has 0 aliphatic carbocycles. The van der Waals surface area contributed by atoms with Crippen molar-refractivity contribution in [2.45, 2.75) is 32.8 Å². The first-order chi connectivity index (χ1) is 10.0. The van der Waals surface area contributed by atoms with Gasteiger partial charge >= 0.3 is 0 Å². The number of nitrogens with one attached hydrogen (secondary N) is 1. The molecule has 1 atom stereocenters. The zero-order chi connectivity index (χ0) is 15.7. The second-order valence-electron chi connectivity index (χ2n) is 6.06. The smallest absolute Gasteiger partial charge is 0.0945 e. The van der Waals surface area contributed by atoms with Crippen molar-refractivity contribution in [1.82, 2.24) is 0 Å². The highest BCUT2D eigenvalue weighted by atomic mass is 16.5. The van der Waals surface area contributed by atoms with Gasteiger partial charge in [-0.2, -0.15) is 0 Å². The van der Waals surface area contributed by atoms with E-state index in [0.29, 0.717) is 19.1 Å². The van der Waals surface area contributed by atoms with Crippen molar-refractivity contribution in [3.05, 3.63) is 24.3 Å². The van der Waals surface area contributed by atoms with Crippen LogP contribution >= 0.6 is 0 Å².